The van der Waals surface area contributed by atoms with Crippen molar-refractivity contribution in [2.75, 3.05) is 13.7 Å². The zero-order valence-corrected chi connectivity index (χ0v) is 11.7. The van der Waals surface area contributed by atoms with Crippen LogP contribution < -0.4 is 5.32 Å². The average Bonchev–Trinajstić information content (AvgIpc) is 2.86. The summed E-state index contributed by atoms with van der Waals surface area (Å²) in [7, 11) is 1.44. The fourth-order valence-electron chi connectivity index (χ4n) is 3.06. The number of benzene rings is 1. The number of rotatable bonds is 4. The van der Waals surface area contributed by atoms with Gasteiger partial charge >= 0.3 is 5.97 Å². The maximum absolute atomic E-state index is 11.2. The molecule has 2 heterocycles. The molecule has 1 aromatic carbocycles. The van der Waals surface area contributed by atoms with Crippen molar-refractivity contribution >= 4 is 16.9 Å². The van der Waals surface area contributed by atoms with Gasteiger partial charge in [0.2, 0.25) is 0 Å². The SMILES string of the molecule is COC(=O)CCC[C@H]1NCCc2c1[nH]c1ccccc21. The van der Waals surface area contributed by atoms with E-state index in [0.29, 0.717) is 12.5 Å². The van der Waals surface area contributed by atoms with E-state index in [2.05, 4.69) is 39.3 Å². The average molecular weight is 272 g/mol. The highest BCUT2D eigenvalue weighted by molar-refractivity contribution is 5.85. The van der Waals surface area contributed by atoms with Crippen molar-refractivity contribution in [3.63, 3.8) is 0 Å². The highest BCUT2D eigenvalue weighted by atomic mass is 16.5. The van der Waals surface area contributed by atoms with Gasteiger partial charge in [0, 0.05) is 29.1 Å². The number of carbonyl (C=O) groups is 1. The summed E-state index contributed by atoms with van der Waals surface area (Å²) in [6, 6.07) is 8.77. The first kappa shape index (κ1) is 13.2. The Labute approximate surface area is 118 Å². The van der Waals surface area contributed by atoms with Crippen LogP contribution in [0.1, 0.15) is 36.6 Å². The number of nitrogens with one attached hydrogen (secondary N) is 2. The molecule has 0 bridgehead atoms. The maximum atomic E-state index is 11.2. The van der Waals surface area contributed by atoms with Crippen molar-refractivity contribution in [2.45, 2.75) is 31.7 Å². The topological polar surface area (TPSA) is 54.1 Å². The molecule has 4 heteroatoms. The quantitative estimate of drug-likeness (QED) is 0.841. The lowest BCUT2D eigenvalue weighted by Crippen LogP contribution is -2.29. The number of para-hydroxylation sites is 1. The van der Waals surface area contributed by atoms with Crippen molar-refractivity contribution in [2.24, 2.45) is 0 Å². The molecule has 0 saturated heterocycles. The Morgan fingerprint density at radius 3 is 3.10 bits per heavy atom. The third-order valence-electron chi connectivity index (χ3n) is 4.06. The fraction of sp³-hybridized carbons (Fsp3) is 0.438. The summed E-state index contributed by atoms with van der Waals surface area (Å²) in [5.74, 6) is -0.127. The van der Waals surface area contributed by atoms with Gasteiger partial charge in [-0.1, -0.05) is 18.2 Å². The Bertz CT molecular complexity index is 618. The molecule has 20 heavy (non-hydrogen) atoms. The van der Waals surface area contributed by atoms with Crippen LogP contribution in [0.25, 0.3) is 10.9 Å². The predicted octanol–water partition coefficient (Wildman–Crippen LogP) is 2.70. The van der Waals surface area contributed by atoms with Gasteiger partial charge < -0.3 is 15.0 Å². The fourth-order valence-corrected chi connectivity index (χ4v) is 3.06. The minimum atomic E-state index is -0.127. The molecule has 1 aromatic heterocycles. The number of hydrogen-bond acceptors (Lipinski definition) is 3. The van der Waals surface area contributed by atoms with E-state index in [9.17, 15) is 4.79 Å². The minimum Gasteiger partial charge on any atom is -0.469 e. The third kappa shape index (κ3) is 2.43. The van der Waals surface area contributed by atoms with Gasteiger partial charge in [-0.05, 0) is 37.4 Å². The van der Waals surface area contributed by atoms with Gasteiger partial charge in [-0.25, -0.2) is 0 Å². The van der Waals surface area contributed by atoms with E-state index < -0.39 is 0 Å². The summed E-state index contributed by atoms with van der Waals surface area (Å²) in [6.45, 7) is 0.998. The zero-order valence-electron chi connectivity index (χ0n) is 11.7. The van der Waals surface area contributed by atoms with Gasteiger partial charge in [0.1, 0.15) is 0 Å². The molecule has 0 amide bonds. The van der Waals surface area contributed by atoms with E-state index in [1.807, 2.05) is 0 Å². The molecule has 0 saturated carbocycles. The first-order valence-corrected chi connectivity index (χ1v) is 7.19. The van der Waals surface area contributed by atoms with Crippen molar-refractivity contribution in [3.05, 3.63) is 35.5 Å². The van der Waals surface area contributed by atoms with Crippen molar-refractivity contribution in [1.82, 2.24) is 10.3 Å². The number of hydrogen-bond donors (Lipinski definition) is 2. The molecule has 2 aromatic rings. The summed E-state index contributed by atoms with van der Waals surface area (Å²) in [6.07, 6.45) is 3.35. The van der Waals surface area contributed by atoms with E-state index in [1.54, 1.807) is 0 Å². The molecule has 106 valence electrons. The number of esters is 1. The van der Waals surface area contributed by atoms with Crippen LogP contribution in [0.5, 0.6) is 0 Å². The van der Waals surface area contributed by atoms with Crippen LogP contribution in [0.15, 0.2) is 24.3 Å². The van der Waals surface area contributed by atoms with Crippen LogP contribution in [0.4, 0.5) is 0 Å². The number of carbonyl (C=O) groups excluding carboxylic acids is 1. The van der Waals surface area contributed by atoms with Gasteiger partial charge in [-0.2, -0.15) is 0 Å². The third-order valence-corrected chi connectivity index (χ3v) is 4.06. The van der Waals surface area contributed by atoms with Crippen LogP contribution in [0, 0.1) is 0 Å². The molecule has 0 aliphatic carbocycles. The lowest BCUT2D eigenvalue weighted by Gasteiger charge is -2.24. The standard InChI is InChI=1S/C16H20N2O2/c1-20-15(19)8-4-7-14-16-12(9-10-17-14)11-5-2-3-6-13(11)18-16/h2-3,5-6,14,17-18H,4,7-10H2,1H3/t14-/m1/s1. The molecule has 3 rings (SSSR count). The molecular formula is C16H20N2O2. The van der Waals surface area contributed by atoms with Gasteiger partial charge in [0.05, 0.1) is 7.11 Å². The largest absolute Gasteiger partial charge is 0.469 e. The van der Waals surface area contributed by atoms with Crippen molar-refractivity contribution < 1.29 is 9.53 Å². The van der Waals surface area contributed by atoms with E-state index in [-0.39, 0.29) is 5.97 Å². The first-order chi connectivity index (χ1) is 9.79. The molecule has 0 unspecified atom stereocenters. The van der Waals surface area contributed by atoms with Crippen molar-refractivity contribution in [3.8, 4) is 0 Å². The van der Waals surface area contributed by atoms with Gasteiger partial charge in [0.25, 0.3) is 0 Å². The van der Waals surface area contributed by atoms with Crippen LogP contribution in [0.2, 0.25) is 0 Å². The second-order valence-corrected chi connectivity index (χ2v) is 5.29. The van der Waals surface area contributed by atoms with Crippen LogP contribution in [0.3, 0.4) is 0 Å². The summed E-state index contributed by atoms with van der Waals surface area (Å²) < 4.78 is 4.69. The Hall–Kier alpha value is -1.81. The van der Waals surface area contributed by atoms with Crippen LogP contribution >= 0.6 is 0 Å². The van der Waals surface area contributed by atoms with E-state index >= 15 is 0 Å². The molecule has 1 atom stereocenters. The molecule has 4 nitrogen and oxygen atoms in total. The molecule has 0 spiro atoms. The summed E-state index contributed by atoms with van der Waals surface area (Å²) in [4.78, 5) is 14.7. The normalized spacial score (nSPS) is 17.9. The zero-order chi connectivity index (χ0) is 13.9. The molecule has 0 radical (unpaired) electrons. The van der Waals surface area contributed by atoms with Gasteiger partial charge in [-0.3, -0.25) is 4.79 Å². The lowest BCUT2D eigenvalue weighted by atomic mass is 9.96. The number of H-pyrrole nitrogens is 1. The van der Waals surface area contributed by atoms with Crippen LogP contribution in [-0.2, 0) is 16.0 Å². The maximum Gasteiger partial charge on any atom is 0.305 e. The molecular weight excluding hydrogens is 252 g/mol. The van der Waals surface area contributed by atoms with Gasteiger partial charge in [0.15, 0.2) is 0 Å². The van der Waals surface area contributed by atoms with E-state index in [0.717, 1.165) is 25.8 Å². The lowest BCUT2D eigenvalue weighted by molar-refractivity contribution is -0.140. The Balaban J connectivity index is 1.78. The molecule has 1 aliphatic rings. The first-order valence-electron chi connectivity index (χ1n) is 7.19. The Morgan fingerprint density at radius 1 is 1.40 bits per heavy atom. The molecule has 1 aliphatic heterocycles. The second-order valence-electron chi connectivity index (χ2n) is 5.29. The predicted molar refractivity (Wildman–Crippen MR) is 78.6 cm³/mol. The number of methoxy groups -OCH3 is 1. The Morgan fingerprint density at radius 2 is 2.25 bits per heavy atom. The summed E-state index contributed by atoms with van der Waals surface area (Å²) >= 11 is 0. The molecule has 2 N–H and O–H groups in total. The highest BCUT2D eigenvalue weighted by Gasteiger charge is 2.23. The molecule has 0 fully saturated rings. The van der Waals surface area contributed by atoms with Gasteiger partial charge in [-0.15, -0.1) is 0 Å². The van der Waals surface area contributed by atoms with Crippen molar-refractivity contribution in [1.29, 1.82) is 0 Å². The smallest absolute Gasteiger partial charge is 0.305 e. The number of aromatic nitrogens is 1. The highest BCUT2D eigenvalue weighted by Crippen LogP contribution is 2.32. The van der Waals surface area contributed by atoms with Crippen LogP contribution in [-0.4, -0.2) is 24.6 Å². The second kappa shape index (κ2) is 5.67. The summed E-state index contributed by atoms with van der Waals surface area (Å²) in [5.41, 5.74) is 3.93. The number of fused-ring (bicyclic) bond motifs is 3. The monoisotopic (exact) mass is 272 g/mol. The van der Waals surface area contributed by atoms with E-state index in [4.69, 9.17) is 0 Å². The Kier molecular flexibility index (Phi) is 3.74. The van der Waals surface area contributed by atoms with E-state index in [1.165, 1.54) is 29.3 Å². The number of ether oxygens (including phenoxy) is 1. The number of aromatic amines is 1. The summed E-state index contributed by atoms with van der Waals surface area (Å²) in [5, 5.41) is 4.88. The minimum absolute atomic E-state index is 0.127.